The monoisotopic (exact) mass is 552 g/mol. The summed E-state index contributed by atoms with van der Waals surface area (Å²) in [6.45, 7) is 6.97. The van der Waals surface area contributed by atoms with E-state index in [4.69, 9.17) is 10.1 Å². The minimum Gasteiger partial charge on any atom is -0.343 e. The van der Waals surface area contributed by atoms with Gasteiger partial charge in [-0.1, -0.05) is 44.0 Å². The molecule has 1 unspecified atom stereocenters. The van der Waals surface area contributed by atoms with Gasteiger partial charge in [-0.15, -0.1) is 0 Å². The van der Waals surface area contributed by atoms with Gasteiger partial charge in [-0.2, -0.15) is 0 Å². The number of halogens is 1. The first kappa shape index (κ1) is 23.3. The Balaban J connectivity index is 1.48. The quantitative estimate of drug-likeness (QED) is 0.248. The minimum absolute atomic E-state index is 0.101. The molecule has 1 fully saturated rings. The topological polar surface area (TPSA) is 83.9 Å². The number of amidine groups is 1. The van der Waals surface area contributed by atoms with Crippen LogP contribution < -0.4 is 10.6 Å². The molecule has 3 aliphatic heterocycles. The lowest BCUT2D eigenvalue weighted by Gasteiger charge is -2.42. The fourth-order valence-electron chi connectivity index (χ4n) is 4.42. The molecule has 1 aromatic carbocycles. The lowest BCUT2D eigenvalue weighted by Crippen LogP contribution is -2.59. The zero-order valence-corrected chi connectivity index (χ0v) is 20.9. The number of nitrogens with zero attached hydrogens (tertiary/aromatic N) is 3. The molecule has 174 valence electrons. The SMILES string of the molecule is CCCCCOC1NC2=C(NC(=O)CN2Cc2cccc(CN3CCCC3)c2)C(=N)N1I. The first-order valence-corrected chi connectivity index (χ1v) is 12.5. The van der Waals surface area contributed by atoms with E-state index in [2.05, 4.69) is 69.6 Å². The Morgan fingerprint density at radius 2 is 1.94 bits per heavy atom. The number of rotatable bonds is 9. The van der Waals surface area contributed by atoms with E-state index in [1.807, 2.05) is 4.90 Å². The average Bonchev–Trinajstić information content (AvgIpc) is 3.28. The third-order valence-corrected chi connectivity index (χ3v) is 7.05. The van der Waals surface area contributed by atoms with E-state index >= 15 is 0 Å². The van der Waals surface area contributed by atoms with Crippen LogP contribution in [-0.4, -0.2) is 57.2 Å². The van der Waals surface area contributed by atoms with Gasteiger partial charge < -0.3 is 20.3 Å². The van der Waals surface area contributed by atoms with Crippen molar-refractivity contribution in [3.63, 3.8) is 0 Å². The number of nitrogens with one attached hydrogen (secondary N) is 3. The third-order valence-electron chi connectivity index (χ3n) is 6.06. The Morgan fingerprint density at radius 1 is 1.19 bits per heavy atom. The van der Waals surface area contributed by atoms with Crippen LogP contribution in [0.4, 0.5) is 0 Å². The third kappa shape index (κ3) is 5.55. The number of unbranched alkanes of at least 4 members (excludes halogenated alkanes) is 2. The van der Waals surface area contributed by atoms with Crippen molar-refractivity contribution < 1.29 is 9.53 Å². The Bertz CT molecular complexity index is 870. The summed E-state index contributed by atoms with van der Waals surface area (Å²) in [6.07, 6.45) is 5.38. The molecule has 0 aliphatic carbocycles. The summed E-state index contributed by atoms with van der Waals surface area (Å²) in [5, 5.41) is 14.9. The largest absolute Gasteiger partial charge is 0.343 e. The van der Waals surface area contributed by atoms with E-state index in [0.717, 1.165) is 37.2 Å². The lowest BCUT2D eigenvalue weighted by molar-refractivity contribution is -0.122. The van der Waals surface area contributed by atoms with E-state index in [1.54, 1.807) is 3.11 Å². The highest BCUT2D eigenvalue weighted by molar-refractivity contribution is 14.1. The standard InChI is InChI=1S/C23H33IN6O2/c1-2-3-6-12-32-23-27-22-20(21(25)30(23)24)26-19(31)16-29(22)15-18-9-7-8-17(13-18)14-28-10-4-5-11-28/h7-9,13,23,25,27H,2-6,10-12,14-16H2,1H3,(H,26,31). The highest BCUT2D eigenvalue weighted by atomic mass is 127. The molecule has 3 heterocycles. The van der Waals surface area contributed by atoms with Crippen LogP contribution >= 0.6 is 22.9 Å². The van der Waals surface area contributed by atoms with Gasteiger partial charge in [0.1, 0.15) is 11.5 Å². The Labute approximate surface area is 204 Å². The van der Waals surface area contributed by atoms with Crippen molar-refractivity contribution in [1.29, 1.82) is 5.41 Å². The van der Waals surface area contributed by atoms with Crippen LogP contribution in [0.15, 0.2) is 35.8 Å². The molecule has 1 aromatic rings. The lowest BCUT2D eigenvalue weighted by atomic mass is 10.1. The van der Waals surface area contributed by atoms with Gasteiger partial charge in [-0.05, 0) is 43.5 Å². The van der Waals surface area contributed by atoms with Gasteiger partial charge in [0.2, 0.25) is 12.3 Å². The van der Waals surface area contributed by atoms with Gasteiger partial charge in [0.05, 0.1) is 36.0 Å². The molecule has 8 nitrogen and oxygen atoms in total. The molecule has 3 aliphatic rings. The number of hydrogen-bond donors (Lipinski definition) is 3. The molecule has 0 spiro atoms. The number of likely N-dealkylation sites (tertiary alicyclic amines) is 1. The molecule has 3 N–H and O–H groups in total. The smallest absolute Gasteiger partial charge is 0.244 e. The summed E-state index contributed by atoms with van der Waals surface area (Å²) >= 11 is 2.07. The van der Waals surface area contributed by atoms with Gasteiger partial charge in [0.25, 0.3) is 0 Å². The number of hydrogen-bond acceptors (Lipinski definition) is 6. The van der Waals surface area contributed by atoms with Gasteiger partial charge in [0.15, 0.2) is 5.84 Å². The molecule has 4 rings (SSSR count). The summed E-state index contributed by atoms with van der Waals surface area (Å²) in [7, 11) is 0. The van der Waals surface area contributed by atoms with Crippen molar-refractivity contribution >= 4 is 34.6 Å². The van der Waals surface area contributed by atoms with E-state index in [0.29, 0.717) is 18.8 Å². The van der Waals surface area contributed by atoms with Crippen LogP contribution in [0.5, 0.6) is 0 Å². The van der Waals surface area contributed by atoms with Crippen molar-refractivity contribution in [3.8, 4) is 0 Å². The van der Waals surface area contributed by atoms with Gasteiger partial charge in [-0.25, -0.2) is 0 Å². The second kappa shape index (κ2) is 10.8. The zero-order chi connectivity index (χ0) is 22.5. The number of carbonyl (C=O) groups is 1. The van der Waals surface area contributed by atoms with Crippen LogP contribution in [0.25, 0.3) is 0 Å². The molecule has 1 amide bonds. The van der Waals surface area contributed by atoms with E-state index in [-0.39, 0.29) is 18.3 Å². The van der Waals surface area contributed by atoms with Crippen molar-refractivity contribution in [1.82, 2.24) is 23.5 Å². The molecule has 0 aromatic heterocycles. The maximum Gasteiger partial charge on any atom is 0.244 e. The number of amides is 1. The zero-order valence-electron chi connectivity index (χ0n) is 18.7. The second-order valence-electron chi connectivity index (χ2n) is 8.67. The van der Waals surface area contributed by atoms with Crippen LogP contribution in [0, 0.1) is 5.41 Å². The molecule has 1 saturated heterocycles. The average molecular weight is 552 g/mol. The van der Waals surface area contributed by atoms with Crippen LogP contribution in [0.3, 0.4) is 0 Å². The van der Waals surface area contributed by atoms with Gasteiger partial charge >= 0.3 is 0 Å². The van der Waals surface area contributed by atoms with Gasteiger partial charge in [0, 0.05) is 13.1 Å². The Morgan fingerprint density at radius 3 is 2.69 bits per heavy atom. The normalized spacial score (nSPS) is 21.6. The molecular formula is C23H33IN6O2. The van der Waals surface area contributed by atoms with E-state index < -0.39 is 6.35 Å². The maximum absolute atomic E-state index is 12.4. The fraction of sp³-hybridized carbons (Fsp3) is 0.565. The van der Waals surface area contributed by atoms with Crippen LogP contribution in [0.2, 0.25) is 0 Å². The first-order chi connectivity index (χ1) is 15.5. The van der Waals surface area contributed by atoms with E-state index in [9.17, 15) is 4.79 Å². The summed E-state index contributed by atoms with van der Waals surface area (Å²) in [4.78, 5) is 16.9. The van der Waals surface area contributed by atoms with Crippen LogP contribution in [0.1, 0.15) is 50.2 Å². The predicted octanol–water partition coefficient (Wildman–Crippen LogP) is 3.11. The highest BCUT2D eigenvalue weighted by Crippen LogP contribution is 2.26. The highest BCUT2D eigenvalue weighted by Gasteiger charge is 2.37. The Kier molecular flexibility index (Phi) is 7.90. The van der Waals surface area contributed by atoms with Gasteiger partial charge in [-0.3, -0.25) is 18.2 Å². The molecule has 32 heavy (non-hydrogen) atoms. The molecule has 0 saturated carbocycles. The van der Waals surface area contributed by atoms with Crippen LogP contribution in [-0.2, 0) is 22.6 Å². The maximum atomic E-state index is 12.4. The van der Waals surface area contributed by atoms with Crippen molar-refractivity contribution in [2.45, 2.75) is 58.5 Å². The minimum atomic E-state index is -0.433. The number of carbonyl (C=O) groups excluding carboxylic acids is 1. The summed E-state index contributed by atoms with van der Waals surface area (Å²) in [5.74, 6) is 0.907. The predicted molar refractivity (Wildman–Crippen MR) is 133 cm³/mol. The molecule has 0 bridgehead atoms. The Hall–Kier alpha value is -1.85. The summed E-state index contributed by atoms with van der Waals surface area (Å²) in [5.41, 5.74) is 2.98. The summed E-state index contributed by atoms with van der Waals surface area (Å²) < 4.78 is 7.72. The molecule has 9 heteroatoms. The van der Waals surface area contributed by atoms with Crippen molar-refractivity contribution in [2.75, 3.05) is 26.2 Å². The van der Waals surface area contributed by atoms with Crippen molar-refractivity contribution in [3.05, 3.63) is 46.9 Å². The van der Waals surface area contributed by atoms with Crippen molar-refractivity contribution in [2.24, 2.45) is 0 Å². The molecule has 1 atom stereocenters. The molecule has 0 radical (unpaired) electrons. The number of ether oxygens (including phenoxy) is 1. The summed E-state index contributed by atoms with van der Waals surface area (Å²) in [6, 6.07) is 8.63. The molecular weight excluding hydrogens is 519 g/mol. The number of benzene rings is 1. The van der Waals surface area contributed by atoms with E-state index in [1.165, 1.54) is 31.5 Å². The second-order valence-corrected chi connectivity index (χ2v) is 9.70. The first-order valence-electron chi connectivity index (χ1n) is 11.6. The fourth-order valence-corrected chi connectivity index (χ4v) is 4.96.